The fourth-order valence-corrected chi connectivity index (χ4v) is 1.45. The molecule has 0 aliphatic rings. The van der Waals surface area contributed by atoms with E-state index in [2.05, 4.69) is 10.3 Å². The van der Waals surface area contributed by atoms with Gasteiger partial charge in [-0.3, -0.25) is 0 Å². The SMILES string of the molecule is Cc1cccn2nnc(C(C)N)c12. The van der Waals surface area contributed by atoms with Crippen LogP contribution in [0.3, 0.4) is 0 Å². The van der Waals surface area contributed by atoms with Crippen molar-refractivity contribution in [1.82, 2.24) is 14.8 Å². The van der Waals surface area contributed by atoms with Crippen LogP contribution in [0.5, 0.6) is 0 Å². The molecule has 0 saturated heterocycles. The van der Waals surface area contributed by atoms with Gasteiger partial charge in [0, 0.05) is 12.2 Å². The molecule has 2 aromatic rings. The molecule has 0 fully saturated rings. The Bertz CT molecular complexity index is 430. The number of nitrogens with two attached hydrogens (primary N) is 1. The number of pyridine rings is 1. The summed E-state index contributed by atoms with van der Waals surface area (Å²) in [5.41, 5.74) is 8.81. The monoisotopic (exact) mass is 176 g/mol. The zero-order valence-corrected chi connectivity index (χ0v) is 7.73. The highest BCUT2D eigenvalue weighted by Crippen LogP contribution is 2.17. The smallest absolute Gasteiger partial charge is 0.107 e. The van der Waals surface area contributed by atoms with Crippen molar-refractivity contribution in [2.75, 3.05) is 0 Å². The lowest BCUT2D eigenvalue weighted by Gasteiger charge is -2.02. The predicted octanol–water partition coefficient (Wildman–Crippen LogP) is 1.06. The van der Waals surface area contributed by atoms with Crippen LogP contribution in [0.1, 0.15) is 24.2 Å². The second-order valence-corrected chi connectivity index (χ2v) is 3.25. The molecule has 0 saturated carbocycles. The number of aryl methyl sites for hydroxylation is 1. The molecule has 13 heavy (non-hydrogen) atoms. The van der Waals surface area contributed by atoms with Crippen molar-refractivity contribution < 1.29 is 0 Å². The van der Waals surface area contributed by atoms with Crippen LogP contribution in [-0.4, -0.2) is 14.8 Å². The number of fused-ring (bicyclic) bond motifs is 1. The zero-order valence-electron chi connectivity index (χ0n) is 7.73. The summed E-state index contributed by atoms with van der Waals surface area (Å²) in [5, 5.41) is 8.03. The Kier molecular flexibility index (Phi) is 1.77. The van der Waals surface area contributed by atoms with E-state index in [0.29, 0.717) is 0 Å². The first-order valence-electron chi connectivity index (χ1n) is 4.26. The summed E-state index contributed by atoms with van der Waals surface area (Å²) in [6.45, 7) is 3.95. The minimum absolute atomic E-state index is 0.0707. The average Bonchev–Trinajstić information content (AvgIpc) is 2.49. The van der Waals surface area contributed by atoms with Gasteiger partial charge in [0.1, 0.15) is 5.69 Å². The molecule has 2 heterocycles. The van der Waals surface area contributed by atoms with Crippen molar-refractivity contribution in [2.45, 2.75) is 19.9 Å². The third-order valence-electron chi connectivity index (χ3n) is 2.10. The molecule has 68 valence electrons. The Balaban J connectivity index is 2.79. The molecule has 0 spiro atoms. The predicted molar refractivity (Wildman–Crippen MR) is 50.3 cm³/mol. The summed E-state index contributed by atoms with van der Waals surface area (Å²) in [7, 11) is 0. The first kappa shape index (κ1) is 8.19. The molecule has 2 rings (SSSR count). The van der Waals surface area contributed by atoms with Gasteiger partial charge in [-0.15, -0.1) is 5.10 Å². The lowest BCUT2D eigenvalue weighted by atomic mass is 10.1. The summed E-state index contributed by atoms with van der Waals surface area (Å²) in [5.74, 6) is 0. The third kappa shape index (κ3) is 1.19. The van der Waals surface area contributed by atoms with E-state index in [1.807, 2.05) is 32.2 Å². The Hall–Kier alpha value is -1.42. The highest BCUT2D eigenvalue weighted by molar-refractivity contribution is 5.58. The fraction of sp³-hybridized carbons (Fsp3) is 0.333. The summed E-state index contributed by atoms with van der Waals surface area (Å²) >= 11 is 0. The van der Waals surface area contributed by atoms with Crippen molar-refractivity contribution in [3.8, 4) is 0 Å². The van der Waals surface area contributed by atoms with Crippen LogP contribution in [0.2, 0.25) is 0 Å². The summed E-state index contributed by atoms with van der Waals surface area (Å²) in [4.78, 5) is 0. The highest BCUT2D eigenvalue weighted by atomic mass is 15.4. The van der Waals surface area contributed by atoms with Crippen molar-refractivity contribution >= 4 is 5.52 Å². The van der Waals surface area contributed by atoms with Gasteiger partial charge in [0.2, 0.25) is 0 Å². The molecule has 0 amide bonds. The van der Waals surface area contributed by atoms with Gasteiger partial charge in [-0.05, 0) is 25.5 Å². The second kappa shape index (κ2) is 2.81. The molecule has 0 aliphatic carbocycles. The summed E-state index contributed by atoms with van der Waals surface area (Å²) in [6, 6.07) is 3.91. The zero-order chi connectivity index (χ0) is 9.42. The average molecular weight is 176 g/mol. The Morgan fingerprint density at radius 2 is 2.31 bits per heavy atom. The van der Waals surface area contributed by atoms with Crippen LogP contribution in [0, 0.1) is 6.92 Å². The first-order chi connectivity index (χ1) is 6.20. The van der Waals surface area contributed by atoms with Crippen molar-refractivity contribution in [3.05, 3.63) is 29.6 Å². The normalized spacial score (nSPS) is 13.5. The van der Waals surface area contributed by atoms with Gasteiger partial charge in [0.25, 0.3) is 0 Å². The van der Waals surface area contributed by atoms with Gasteiger partial charge >= 0.3 is 0 Å². The molecule has 0 bridgehead atoms. The molecular formula is C9H12N4. The Morgan fingerprint density at radius 3 is 3.00 bits per heavy atom. The lowest BCUT2D eigenvalue weighted by molar-refractivity contribution is 0.764. The maximum Gasteiger partial charge on any atom is 0.107 e. The number of aromatic nitrogens is 3. The highest BCUT2D eigenvalue weighted by Gasteiger charge is 2.11. The van der Waals surface area contributed by atoms with E-state index in [9.17, 15) is 0 Å². The van der Waals surface area contributed by atoms with Gasteiger partial charge in [0.05, 0.1) is 5.52 Å². The van der Waals surface area contributed by atoms with Crippen LogP contribution in [0.4, 0.5) is 0 Å². The van der Waals surface area contributed by atoms with Gasteiger partial charge < -0.3 is 5.73 Å². The van der Waals surface area contributed by atoms with Crippen LogP contribution >= 0.6 is 0 Å². The summed E-state index contributed by atoms with van der Waals surface area (Å²) in [6.07, 6.45) is 1.88. The van der Waals surface area contributed by atoms with E-state index in [0.717, 1.165) is 16.8 Å². The molecule has 0 aliphatic heterocycles. The summed E-state index contributed by atoms with van der Waals surface area (Å²) < 4.78 is 1.76. The van der Waals surface area contributed by atoms with Gasteiger partial charge in [-0.1, -0.05) is 11.3 Å². The van der Waals surface area contributed by atoms with Crippen molar-refractivity contribution in [2.24, 2.45) is 5.73 Å². The molecule has 2 N–H and O–H groups in total. The fourth-order valence-electron chi connectivity index (χ4n) is 1.45. The van der Waals surface area contributed by atoms with Crippen molar-refractivity contribution in [1.29, 1.82) is 0 Å². The van der Waals surface area contributed by atoms with E-state index < -0.39 is 0 Å². The first-order valence-corrected chi connectivity index (χ1v) is 4.26. The molecule has 0 radical (unpaired) electrons. The Labute approximate surface area is 76.4 Å². The van der Waals surface area contributed by atoms with Crippen molar-refractivity contribution in [3.63, 3.8) is 0 Å². The molecular weight excluding hydrogens is 164 g/mol. The van der Waals surface area contributed by atoms with E-state index in [1.54, 1.807) is 4.52 Å². The standard InChI is InChI=1S/C9H12N4/c1-6-4-3-5-13-9(6)8(7(2)10)11-12-13/h3-5,7H,10H2,1-2H3. The largest absolute Gasteiger partial charge is 0.323 e. The van der Waals surface area contributed by atoms with Crippen LogP contribution in [-0.2, 0) is 0 Å². The minimum Gasteiger partial charge on any atom is -0.323 e. The Morgan fingerprint density at radius 1 is 1.54 bits per heavy atom. The van der Waals surface area contributed by atoms with Gasteiger partial charge in [-0.2, -0.15) is 0 Å². The van der Waals surface area contributed by atoms with Gasteiger partial charge in [-0.25, -0.2) is 4.52 Å². The molecule has 1 atom stereocenters. The maximum absolute atomic E-state index is 5.78. The quantitative estimate of drug-likeness (QED) is 0.706. The molecule has 2 aromatic heterocycles. The van der Waals surface area contributed by atoms with Gasteiger partial charge in [0.15, 0.2) is 0 Å². The van der Waals surface area contributed by atoms with E-state index in [4.69, 9.17) is 5.73 Å². The number of nitrogens with zero attached hydrogens (tertiary/aromatic N) is 3. The van der Waals surface area contributed by atoms with E-state index >= 15 is 0 Å². The lowest BCUT2D eigenvalue weighted by Crippen LogP contribution is -2.06. The van der Waals surface area contributed by atoms with E-state index in [-0.39, 0.29) is 6.04 Å². The molecule has 1 unspecified atom stereocenters. The van der Waals surface area contributed by atoms with Crippen LogP contribution < -0.4 is 5.73 Å². The molecule has 4 heteroatoms. The molecule has 0 aromatic carbocycles. The maximum atomic E-state index is 5.78. The number of hydrogen-bond donors (Lipinski definition) is 1. The third-order valence-corrected chi connectivity index (χ3v) is 2.10. The van der Waals surface area contributed by atoms with Crippen LogP contribution in [0.15, 0.2) is 18.3 Å². The minimum atomic E-state index is -0.0707. The topological polar surface area (TPSA) is 56.2 Å². The molecule has 4 nitrogen and oxygen atoms in total. The van der Waals surface area contributed by atoms with E-state index in [1.165, 1.54) is 0 Å². The van der Waals surface area contributed by atoms with Crippen LogP contribution in [0.25, 0.3) is 5.52 Å². The number of rotatable bonds is 1. The second-order valence-electron chi connectivity index (χ2n) is 3.25. The number of hydrogen-bond acceptors (Lipinski definition) is 3.